The molecule has 28 heavy (non-hydrogen) atoms. The van der Waals surface area contributed by atoms with Gasteiger partial charge in [-0.1, -0.05) is 36.1 Å². The molecule has 6 nitrogen and oxygen atoms in total. The summed E-state index contributed by atoms with van der Waals surface area (Å²) < 4.78 is 23.1. The Morgan fingerprint density at radius 3 is 2.71 bits per heavy atom. The molecule has 4 aromatic rings. The molecule has 2 heterocycles. The summed E-state index contributed by atoms with van der Waals surface area (Å²) in [4.78, 5) is 4.20. The van der Waals surface area contributed by atoms with Crippen LogP contribution in [0.3, 0.4) is 0 Å². The van der Waals surface area contributed by atoms with Gasteiger partial charge in [0.25, 0.3) is 0 Å². The van der Waals surface area contributed by atoms with Gasteiger partial charge in [0.1, 0.15) is 5.69 Å². The van der Waals surface area contributed by atoms with Crippen LogP contribution in [0.5, 0.6) is 0 Å². The zero-order valence-electron chi connectivity index (χ0n) is 15.0. The van der Waals surface area contributed by atoms with E-state index in [4.69, 9.17) is 5.14 Å². The van der Waals surface area contributed by atoms with Gasteiger partial charge >= 0.3 is 0 Å². The molecule has 2 aromatic carbocycles. The molecule has 0 radical (unpaired) electrons. The number of rotatable bonds is 2. The van der Waals surface area contributed by atoms with Crippen LogP contribution in [-0.4, -0.2) is 23.6 Å². The number of H-pyrrole nitrogens is 1. The predicted molar refractivity (Wildman–Crippen MR) is 108 cm³/mol. The quantitative estimate of drug-likeness (QED) is 0.515. The normalized spacial score (nSPS) is 11.2. The van der Waals surface area contributed by atoms with Crippen molar-refractivity contribution in [2.24, 2.45) is 5.14 Å². The molecule has 0 saturated heterocycles. The first-order chi connectivity index (χ1) is 13.4. The lowest BCUT2D eigenvalue weighted by Crippen LogP contribution is -2.11. The highest BCUT2D eigenvalue weighted by Crippen LogP contribution is 2.30. The van der Waals surface area contributed by atoms with Crippen LogP contribution in [-0.2, 0) is 10.0 Å². The molecule has 0 aliphatic carbocycles. The number of pyridine rings is 1. The highest BCUT2D eigenvalue weighted by molar-refractivity contribution is 7.89. The number of hydrogen-bond donors (Lipinski definition) is 2. The van der Waals surface area contributed by atoms with Gasteiger partial charge in [-0.3, -0.25) is 10.1 Å². The van der Waals surface area contributed by atoms with Crippen LogP contribution in [0.15, 0.2) is 65.8 Å². The molecular formula is C21H16N4O2S. The summed E-state index contributed by atoms with van der Waals surface area (Å²) in [6.45, 7) is 1.90. The van der Waals surface area contributed by atoms with Gasteiger partial charge in [-0.25, -0.2) is 13.6 Å². The Labute approximate surface area is 162 Å². The van der Waals surface area contributed by atoms with E-state index in [1.807, 2.05) is 37.4 Å². The minimum absolute atomic E-state index is 0.0324. The van der Waals surface area contributed by atoms with Crippen molar-refractivity contribution in [3.8, 4) is 23.1 Å². The third-order valence-electron chi connectivity index (χ3n) is 4.38. The maximum Gasteiger partial charge on any atom is 0.238 e. The van der Waals surface area contributed by atoms with Crippen molar-refractivity contribution in [1.29, 1.82) is 0 Å². The summed E-state index contributed by atoms with van der Waals surface area (Å²) in [5, 5.41) is 14.7. The summed E-state index contributed by atoms with van der Waals surface area (Å²) >= 11 is 0. The number of primary sulfonamides is 1. The predicted octanol–water partition coefficient (Wildman–Crippen LogP) is 2.98. The number of hydrogen-bond acceptors (Lipinski definition) is 4. The van der Waals surface area contributed by atoms with Gasteiger partial charge in [-0.05, 0) is 36.6 Å². The molecule has 0 aliphatic rings. The Bertz CT molecular complexity index is 1360. The Hall–Kier alpha value is -3.47. The molecule has 0 saturated carbocycles. The van der Waals surface area contributed by atoms with Crippen LogP contribution in [0.4, 0.5) is 0 Å². The fourth-order valence-corrected chi connectivity index (χ4v) is 3.55. The lowest BCUT2D eigenvalue weighted by atomic mass is 10.0. The molecule has 2 aromatic heterocycles. The monoisotopic (exact) mass is 388 g/mol. The number of aromatic amines is 1. The SMILES string of the molecule is Cc1[nH]nc(-c2cccc3cnccc23)c1C#Cc1cccc(S(N)(=O)=O)c1. The second kappa shape index (κ2) is 6.93. The third-order valence-corrected chi connectivity index (χ3v) is 5.29. The summed E-state index contributed by atoms with van der Waals surface area (Å²) in [5.41, 5.74) is 3.83. The first-order valence-electron chi connectivity index (χ1n) is 8.46. The topological polar surface area (TPSA) is 102 Å². The third kappa shape index (κ3) is 3.39. The van der Waals surface area contributed by atoms with Crippen LogP contribution < -0.4 is 5.14 Å². The summed E-state index contributed by atoms with van der Waals surface area (Å²) in [6.07, 6.45) is 3.55. The first-order valence-corrected chi connectivity index (χ1v) is 10.0. The molecule has 4 rings (SSSR count). The molecule has 3 N–H and O–H groups in total. The smallest absolute Gasteiger partial charge is 0.238 e. The highest BCUT2D eigenvalue weighted by atomic mass is 32.2. The van der Waals surface area contributed by atoms with Gasteiger partial charge in [-0.15, -0.1) is 0 Å². The van der Waals surface area contributed by atoms with Crippen molar-refractivity contribution in [2.75, 3.05) is 0 Å². The van der Waals surface area contributed by atoms with Gasteiger partial charge < -0.3 is 0 Å². The van der Waals surface area contributed by atoms with Crippen molar-refractivity contribution in [1.82, 2.24) is 15.2 Å². The van der Waals surface area contributed by atoms with Crippen LogP contribution in [0.25, 0.3) is 22.0 Å². The van der Waals surface area contributed by atoms with Crippen LogP contribution in [0.1, 0.15) is 16.8 Å². The second-order valence-corrected chi connectivity index (χ2v) is 7.86. The Morgan fingerprint density at radius 2 is 1.89 bits per heavy atom. The number of sulfonamides is 1. The average molecular weight is 388 g/mol. The van der Waals surface area contributed by atoms with E-state index >= 15 is 0 Å². The maximum atomic E-state index is 11.5. The van der Waals surface area contributed by atoms with E-state index in [1.165, 1.54) is 12.1 Å². The molecule has 138 valence electrons. The molecule has 0 bridgehead atoms. The van der Waals surface area contributed by atoms with Gasteiger partial charge in [0.2, 0.25) is 10.0 Å². The van der Waals surface area contributed by atoms with E-state index in [2.05, 4.69) is 27.0 Å². The number of fused-ring (bicyclic) bond motifs is 1. The second-order valence-electron chi connectivity index (χ2n) is 6.30. The standard InChI is InChI=1S/C21H16N4O2S/c1-14-18(9-8-15-4-2-6-17(12-15)28(22,26)27)21(25-24-14)20-7-3-5-16-13-23-11-10-19(16)20/h2-7,10-13H,1H3,(H,24,25)(H2,22,26,27). The van der Waals surface area contributed by atoms with E-state index in [9.17, 15) is 8.42 Å². The van der Waals surface area contributed by atoms with Crippen molar-refractivity contribution in [3.05, 3.63) is 77.7 Å². The zero-order valence-corrected chi connectivity index (χ0v) is 15.8. The summed E-state index contributed by atoms with van der Waals surface area (Å²) in [5.74, 6) is 6.14. The number of aromatic nitrogens is 3. The molecule has 0 atom stereocenters. The van der Waals surface area contributed by atoms with Crippen LogP contribution >= 0.6 is 0 Å². The lowest BCUT2D eigenvalue weighted by Gasteiger charge is -2.04. The van der Waals surface area contributed by atoms with E-state index in [0.29, 0.717) is 5.56 Å². The van der Waals surface area contributed by atoms with Crippen molar-refractivity contribution >= 4 is 20.8 Å². The molecule has 0 amide bonds. The van der Waals surface area contributed by atoms with Gasteiger partial charge in [-0.2, -0.15) is 5.10 Å². The maximum absolute atomic E-state index is 11.5. The van der Waals surface area contributed by atoms with Gasteiger partial charge in [0, 0.05) is 34.6 Å². The molecule has 0 fully saturated rings. The molecule has 0 unspecified atom stereocenters. The lowest BCUT2D eigenvalue weighted by molar-refractivity contribution is 0.598. The van der Waals surface area contributed by atoms with E-state index in [0.717, 1.165) is 33.3 Å². The Kier molecular flexibility index (Phi) is 4.43. The number of aryl methyl sites for hydroxylation is 1. The summed E-state index contributed by atoms with van der Waals surface area (Å²) in [6, 6.07) is 14.1. The van der Waals surface area contributed by atoms with Crippen molar-refractivity contribution in [2.45, 2.75) is 11.8 Å². The van der Waals surface area contributed by atoms with Gasteiger partial charge in [0.05, 0.1) is 10.5 Å². The van der Waals surface area contributed by atoms with E-state index in [-0.39, 0.29) is 4.90 Å². The average Bonchev–Trinajstić information content (AvgIpc) is 3.06. The van der Waals surface area contributed by atoms with Gasteiger partial charge in [0.15, 0.2) is 0 Å². The Morgan fingerprint density at radius 1 is 1.07 bits per heavy atom. The van der Waals surface area contributed by atoms with Crippen molar-refractivity contribution in [3.63, 3.8) is 0 Å². The zero-order chi connectivity index (χ0) is 19.7. The molecular weight excluding hydrogens is 372 g/mol. The van der Waals surface area contributed by atoms with Crippen molar-refractivity contribution < 1.29 is 8.42 Å². The minimum Gasteiger partial charge on any atom is -0.281 e. The number of nitrogens with zero attached hydrogens (tertiary/aromatic N) is 2. The minimum atomic E-state index is -3.77. The fraction of sp³-hybridized carbons (Fsp3) is 0.0476. The highest BCUT2D eigenvalue weighted by Gasteiger charge is 2.13. The van der Waals surface area contributed by atoms with E-state index < -0.39 is 10.0 Å². The molecule has 7 heteroatoms. The number of nitrogens with one attached hydrogen (secondary N) is 1. The van der Waals surface area contributed by atoms with E-state index in [1.54, 1.807) is 18.3 Å². The molecule has 0 aliphatic heterocycles. The number of benzene rings is 2. The van der Waals surface area contributed by atoms with Crippen LogP contribution in [0, 0.1) is 18.8 Å². The first kappa shape index (κ1) is 17.9. The number of nitrogens with two attached hydrogens (primary N) is 1. The largest absolute Gasteiger partial charge is 0.281 e. The van der Waals surface area contributed by atoms with Crippen LogP contribution in [0.2, 0.25) is 0 Å². The fourth-order valence-electron chi connectivity index (χ4n) is 2.99. The molecule has 0 spiro atoms. The Balaban J connectivity index is 1.83. The summed E-state index contributed by atoms with van der Waals surface area (Å²) in [7, 11) is -3.77.